The van der Waals surface area contributed by atoms with Gasteiger partial charge in [-0.25, -0.2) is 0 Å². The predicted molar refractivity (Wildman–Crippen MR) is 48.9 cm³/mol. The van der Waals surface area contributed by atoms with Crippen LogP contribution in [0.2, 0.25) is 0 Å². The van der Waals surface area contributed by atoms with E-state index in [1.54, 1.807) is 7.05 Å². The van der Waals surface area contributed by atoms with Gasteiger partial charge in [0, 0.05) is 20.0 Å². The fraction of sp³-hybridized carbons (Fsp3) is 0.667. The van der Waals surface area contributed by atoms with E-state index in [4.69, 9.17) is 0 Å². The van der Waals surface area contributed by atoms with Crippen LogP contribution in [0.25, 0.3) is 0 Å². The van der Waals surface area contributed by atoms with Gasteiger partial charge in [-0.3, -0.25) is 4.79 Å². The van der Waals surface area contributed by atoms with Crippen molar-refractivity contribution in [2.45, 2.75) is 19.3 Å². The fourth-order valence-electron chi connectivity index (χ4n) is 1.30. The minimum Gasteiger partial charge on any atom is -0.359 e. The van der Waals surface area contributed by atoms with Gasteiger partial charge in [0.1, 0.15) is 0 Å². The summed E-state index contributed by atoms with van der Waals surface area (Å²) in [6, 6.07) is 0. The van der Waals surface area contributed by atoms with E-state index in [0.29, 0.717) is 6.42 Å². The van der Waals surface area contributed by atoms with Gasteiger partial charge >= 0.3 is 0 Å². The van der Waals surface area contributed by atoms with Crippen LogP contribution >= 0.6 is 0 Å². The molecule has 0 aromatic heterocycles. The van der Waals surface area contributed by atoms with E-state index in [1.807, 2.05) is 0 Å². The average molecular weight is 168 g/mol. The molecule has 0 bridgehead atoms. The third-order valence-electron chi connectivity index (χ3n) is 2.11. The fourth-order valence-corrected chi connectivity index (χ4v) is 1.30. The van der Waals surface area contributed by atoms with Crippen molar-refractivity contribution in [2.75, 3.05) is 20.1 Å². The monoisotopic (exact) mass is 168 g/mol. The van der Waals surface area contributed by atoms with Crippen LogP contribution in [0.3, 0.4) is 0 Å². The zero-order valence-electron chi connectivity index (χ0n) is 7.52. The van der Waals surface area contributed by atoms with Gasteiger partial charge in [-0.2, -0.15) is 0 Å². The van der Waals surface area contributed by atoms with Crippen LogP contribution in [0, 0.1) is 0 Å². The smallest absolute Gasteiger partial charge is 0.220 e. The Bertz CT molecular complexity index is 187. The van der Waals surface area contributed by atoms with Crippen molar-refractivity contribution in [3.63, 3.8) is 0 Å². The first kappa shape index (κ1) is 9.26. The van der Waals surface area contributed by atoms with Gasteiger partial charge in [0.05, 0.1) is 0 Å². The van der Waals surface area contributed by atoms with Gasteiger partial charge in [0.25, 0.3) is 0 Å². The van der Waals surface area contributed by atoms with Crippen LogP contribution in [-0.2, 0) is 4.79 Å². The molecule has 1 amide bonds. The molecule has 0 spiro atoms. The number of nitrogens with one attached hydrogen (secondary N) is 2. The average Bonchev–Trinajstić information content (AvgIpc) is 2.16. The number of hydrogen-bond acceptors (Lipinski definition) is 2. The van der Waals surface area contributed by atoms with Gasteiger partial charge in [-0.05, 0) is 19.4 Å². The third kappa shape index (κ3) is 3.05. The van der Waals surface area contributed by atoms with E-state index >= 15 is 0 Å². The molecule has 0 fully saturated rings. The molecule has 0 unspecified atom stereocenters. The highest BCUT2D eigenvalue weighted by Gasteiger charge is 2.04. The molecule has 1 aliphatic heterocycles. The van der Waals surface area contributed by atoms with E-state index in [1.165, 1.54) is 5.57 Å². The number of amides is 1. The van der Waals surface area contributed by atoms with E-state index < -0.39 is 0 Å². The van der Waals surface area contributed by atoms with Crippen molar-refractivity contribution in [1.82, 2.24) is 10.6 Å². The van der Waals surface area contributed by atoms with Crippen molar-refractivity contribution in [3.8, 4) is 0 Å². The second-order valence-electron chi connectivity index (χ2n) is 2.99. The molecule has 68 valence electrons. The normalized spacial score (nSPS) is 16.9. The Morgan fingerprint density at radius 2 is 2.58 bits per heavy atom. The number of rotatable bonds is 3. The van der Waals surface area contributed by atoms with Crippen molar-refractivity contribution < 1.29 is 4.79 Å². The maximum atomic E-state index is 10.9. The zero-order valence-corrected chi connectivity index (χ0v) is 7.52. The van der Waals surface area contributed by atoms with Gasteiger partial charge < -0.3 is 10.6 Å². The lowest BCUT2D eigenvalue weighted by atomic mass is 10.0. The minimum atomic E-state index is 0.134. The number of carbonyl (C=O) groups excluding carboxylic acids is 1. The van der Waals surface area contributed by atoms with Gasteiger partial charge in [-0.1, -0.05) is 11.6 Å². The van der Waals surface area contributed by atoms with E-state index in [0.717, 1.165) is 25.9 Å². The van der Waals surface area contributed by atoms with Crippen LogP contribution in [0.1, 0.15) is 19.3 Å². The lowest BCUT2D eigenvalue weighted by molar-refractivity contribution is -0.120. The SMILES string of the molecule is CNC(=O)CCC1=CCNCC1. The molecule has 12 heavy (non-hydrogen) atoms. The van der Waals surface area contributed by atoms with Crippen molar-refractivity contribution in [1.29, 1.82) is 0 Å². The molecule has 0 saturated heterocycles. The zero-order chi connectivity index (χ0) is 8.81. The molecule has 1 heterocycles. The molecule has 0 aromatic carbocycles. The Balaban J connectivity index is 2.21. The maximum Gasteiger partial charge on any atom is 0.220 e. The van der Waals surface area contributed by atoms with Crippen molar-refractivity contribution in [3.05, 3.63) is 11.6 Å². The maximum absolute atomic E-state index is 10.9. The van der Waals surface area contributed by atoms with Crippen molar-refractivity contribution >= 4 is 5.91 Å². The standard InChI is InChI=1S/C9H16N2O/c1-10-9(12)3-2-8-4-6-11-7-5-8/h4,11H,2-3,5-7H2,1H3,(H,10,12). The first-order valence-corrected chi connectivity index (χ1v) is 4.42. The van der Waals surface area contributed by atoms with Crippen molar-refractivity contribution in [2.24, 2.45) is 0 Å². The lowest BCUT2D eigenvalue weighted by Crippen LogP contribution is -2.22. The Labute approximate surface area is 73.2 Å². The quantitative estimate of drug-likeness (QED) is 0.600. The van der Waals surface area contributed by atoms with Gasteiger partial charge in [-0.15, -0.1) is 0 Å². The van der Waals surface area contributed by atoms with Crippen LogP contribution in [-0.4, -0.2) is 26.0 Å². The van der Waals surface area contributed by atoms with Crippen LogP contribution in [0.5, 0.6) is 0 Å². The molecular formula is C9H16N2O. The molecule has 3 heteroatoms. The Morgan fingerprint density at radius 3 is 3.17 bits per heavy atom. The Hall–Kier alpha value is -0.830. The molecular weight excluding hydrogens is 152 g/mol. The second kappa shape index (κ2) is 4.93. The van der Waals surface area contributed by atoms with E-state index in [2.05, 4.69) is 16.7 Å². The van der Waals surface area contributed by atoms with Crippen LogP contribution in [0.15, 0.2) is 11.6 Å². The Kier molecular flexibility index (Phi) is 3.80. The first-order valence-electron chi connectivity index (χ1n) is 4.42. The number of carbonyl (C=O) groups is 1. The van der Waals surface area contributed by atoms with Gasteiger partial charge in [0.15, 0.2) is 0 Å². The van der Waals surface area contributed by atoms with E-state index in [9.17, 15) is 4.79 Å². The molecule has 0 radical (unpaired) electrons. The molecule has 0 aromatic rings. The summed E-state index contributed by atoms with van der Waals surface area (Å²) in [4.78, 5) is 10.9. The molecule has 0 saturated carbocycles. The summed E-state index contributed by atoms with van der Waals surface area (Å²) in [7, 11) is 1.68. The highest BCUT2D eigenvalue weighted by Crippen LogP contribution is 2.10. The largest absolute Gasteiger partial charge is 0.359 e. The summed E-state index contributed by atoms with van der Waals surface area (Å²) in [6.45, 7) is 2.02. The third-order valence-corrected chi connectivity index (χ3v) is 2.11. The summed E-state index contributed by atoms with van der Waals surface area (Å²) in [5.41, 5.74) is 1.41. The minimum absolute atomic E-state index is 0.134. The first-order chi connectivity index (χ1) is 5.83. The number of hydrogen-bond donors (Lipinski definition) is 2. The molecule has 0 aliphatic carbocycles. The van der Waals surface area contributed by atoms with Crippen LogP contribution in [0.4, 0.5) is 0 Å². The molecule has 0 atom stereocenters. The van der Waals surface area contributed by atoms with E-state index in [-0.39, 0.29) is 5.91 Å². The van der Waals surface area contributed by atoms with Gasteiger partial charge in [0.2, 0.25) is 5.91 Å². The molecule has 3 nitrogen and oxygen atoms in total. The summed E-state index contributed by atoms with van der Waals surface area (Å²) in [5.74, 6) is 0.134. The molecule has 1 rings (SSSR count). The second-order valence-corrected chi connectivity index (χ2v) is 2.99. The molecule has 2 N–H and O–H groups in total. The molecule has 1 aliphatic rings. The summed E-state index contributed by atoms with van der Waals surface area (Å²) >= 11 is 0. The summed E-state index contributed by atoms with van der Waals surface area (Å²) < 4.78 is 0. The summed E-state index contributed by atoms with van der Waals surface area (Å²) in [6.07, 6.45) is 4.83. The highest BCUT2D eigenvalue weighted by atomic mass is 16.1. The topological polar surface area (TPSA) is 41.1 Å². The Morgan fingerprint density at radius 1 is 1.75 bits per heavy atom. The highest BCUT2D eigenvalue weighted by molar-refractivity contribution is 5.75. The summed E-state index contributed by atoms with van der Waals surface area (Å²) in [5, 5.41) is 5.86. The predicted octanol–water partition coefficient (Wildman–Crippen LogP) is 0.432. The van der Waals surface area contributed by atoms with Crippen LogP contribution < -0.4 is 10.6 Å². The lowest BCUT2D eigenvalue weighted by Gasteiger charge is -2.13.